The van der Waals surface area contributed by atoms with Crippen molar-refractivity contribution in [3.05, 3.63) is 23.9 Å². The molecule has 0 amide bonds. The molecule has 1 fully saturated rings. The van der Waals surface area contributed by atoms with Crippen molar-refractivity contribution in [3.63, 3.8) is 0 Å². The molecule has 1 aromatic rings. The molecule has 1 saturated carbocycles. The largest absolute Gasteiger partial charge is 0.357 e. The van der Waals surface area contributed by atoms with Crippen LogP contribution in [0.15, 0.2) is 18.3 Å². The van der Waals surface area contributed by atoms with E-state index in [9.17, 15) is 0 Å². The lowest BCUT2D eigenvalue weighted by atomic mass is 9.75. The Morgan fingerprint density at radius 3 is 2.50 bits per heavy atom. The van der Waals surface area contributed by atoms with Crippen molar-refractivity contribution in [3.8, 4) is 0 Å². The summed E-state index contributed by atoms with van der Waals surface area (Å²) < 4.78 is 0. The summed E-state index contributed by atoms with van der Waals surface area (Å²) in [6, 6.07) is 4.79. The summed E-state index contributed by atoms with van der Waals surface area (Å²) in [7, 11) is 2.16. The highest BCUT2D eigenvalue weighted by Gasteiger charge is 2.29. The van der Waals surface area contributed by atoms with E-state index in [-0.39, 0.29) is 0 Å². The second kappa shape index (κ2) is 5.27. The molecule has 0 unspecified atom stereocenters. The van der Waals surface area contributed by atoms with Gasteiger partial charge in [-0.2, -0.15) is 0 Å². The molecule has 0 saturated heterocycles. The third kappa shape index (κ3) is 3.02. The molecule has 2 N–H and O–H groups in total. The first kappa shape index (κ1) is 13.3. The van der Waals surface area contributed by atoms with Crippen LogP contribution in [-0.2, 0) is 6.54 Å². The van der Waals surface area contributed by atoms with E-state index in [1.807, 2.05) is 6.20 Å². The number of anilines is 1. The Kier molecular flexibility index (Phi) is 3.91. The van der Waals surface area contributed by atoms with Gasteiger partial charge in [-0.3, -0.25) is 0 Å². The van der Waals surface area contributed by atoms with Crippen molar-refractivity contribution in [1.29, 1.82) is 0 Å². The van der Waals surface area contributed by atoms with Crippen LogP contribution < -0.4 is 10.6 Å². The van der Waals surface area contributed by atoms with Gasteiger partial charge in [0.15, 0.2) is 0 Å². The normalized spacial score (nSPS) is 19.8. The van der Waals surface area contributed by atoms with Gasteiger partial charge in [-0.05, 0) is 42.7 Å². The summed E-state index contributed by atoms with van der Waals surface area (Å²) in [5.74, 6) is 1.07. The Morgan fingerprint density at radius 2 is 2.00 bits per heavy atom. The van der Waals surface area contributed by atoms with Crippen LogP contribution in [0.2, 0.25) is 0 Å². The Bertz CT molecular complexity index is 373. The fraction of sp³-hybridized carbons (Fsp3) is 0.667. The molecule has 1 aliphatic carbocycles. The standard InChI is InChI=1S/C15H25N3/c1-15(2)8-6-13(7-9-15)18(3)14-5-4-12(10-16)11-17-14/h4-5,11,13H,6-10,16H2,1-3H3. The van der Waals surface area contributed by atoms with E-state index in [0.717, 1.165) is 11.4 Å². The maximum Gasteiger partial charge on any atom is 0.128 e. The van der Waals surface area contributed by atoms with E-state index in [4.69, 9.17) is 5.73 Å². The van der Waals surface area contributed by atoms with Crippen molar-refractivity contribution in [2.75, 3.05) is 11.9 Å². The number of rotatable bonds is 3. The summed E-state index contributed by atoms with van der Waals surface area (Å²) in [6.45, 7) is 5.31. The second-order valence-electron chi connectivity index (χ2n) is 6.24. The zero-order valence-corrected chi connectivity index (χ0v) is 11.8. The van der Waals surface area contributed by atoms with Gasteiger partial charge >= 0.3 is 0 Å². The summed E-state index contributed by atoms with van der Waals surface area (Å²) in [6.07, 6.45) is 7.04. The van der Waals surface area contributed by atoms with Crippen LogP contribution in [0, 0.1) is 5.41 Å². The molecule has 0 radical (unpaired) electrons. The van der Waals surface area contributed by atoms with Crippen LogP contribution in [0.25, 0.3) is 0 Å². The average Bonchev–Trinajstić information content (AvgIpc) is 2.38. The average molecular weight is 247 g/mol. The quantitative estimate of drug-likeness (QED) is 0.893. The van der Waals surface area contributed by atoms with Crippen LogP contribution in [0.4, 0.5) is 5.82 Å². The number of hydrogen-bond acceptors (Lipinski definition) is 3. The molecular formula is C15H25N3. The van der Waals surface area contributed by atoms with Crippen LogP contribution >= 0.6 is 0 Å². The Labute approximate surface area is 110 Å². The van der Waals surface area contributed by atoms with Gasteiger partial charge in [-0.25, -0.2) is 4.98 Å². The first-order valence-corrected chi connectivity index (χ1v) is 6.90. The SMILES string of the molecule is CN(c1ccc(CN)cn1)C1CCC(C)(C)CC1. The van der Waals surface area contributed by atoms with Crippen molar-refractivity contribution in [2.45, 2.75) is 52.1 Å². The van der Waals surface area contributed by atoms with Crippen LogP contribution in [-0.4, -0.2) is 18.1 Å². The van der Waals surface area contributed by atoms with Gasteiger partial charge in [-0.1, -0.05) is 19.9 Å². The van der Waals surface area contributed by atoms with Crippen LogP contribution in [0.1, 0.15) is 45.1 Å². The fourth-order valence-corrected chi connectivity index (χ4v) is 2.70. The minimum absolute atomic E-state index is 0.522. The third-order valence-corrected chi connectivity index (χ3v) is 4.26. The van der Waals surface area contributed by atoms with Gasteiger partial charge in [0.05, 0.1) is 0 Å². The third-order valence-electron chi connectivity index (χ3n) is 4.26. The van der Waals surface area contributed by atoms with Crippen molar-refractivity contribution in [1.82, 2.24) is 4.98 Å². The second-order valence-corrected chi connectivity index (χ2v) is 6.24. The Hall–Kier alpha value is -1.09. The molecule has 100 valence electrons. The molecule has 1 aliphatic rings. The minimum Gasteiger partial charge on any atom is -0.357 e. The number of aromatic nitrogens is 1. The summed E-state index contributed by atoms with van der Waals surface area (Å²) in [4.78, 5) is 6.84. The molecule has 3 nitrogen and oxygen atoms in total. The van der Waals surface area contributed by atoms with E-state index in [1.165, 1.54) is 25.7 Å². The van der Waals surface area contributed by atoms with E-state index in [1.54, 1.807) is 0 Å². The highest BCUT2D eigenvalue weighted by molar-refractivity contribution is 5.39. The summed E-state index contributed by atoms with van der Waals surface area (Å²) >= 11 is 0. The topological polar surface area (TPSA) is 42.1 Å². The predicted molar refractivity (Wildman–Crippen MR) is 76.6 cm³/mol. The number of hydrogen-bond donors (Lipinski definition) is 1. The summed E-state index contributed by atoms with van der Waals surface area (Å²) in [5, 5.41) is 0. The lowest BCUT2D eigenvalue weighted by molar-refractivity contribution is 0.222. The van der Waals surface area contributed by atoms with Gasteiger partial charge in [0.2, 0.25) is 0 Å². The molecule has 0 atom stereocenters. The van der Waals surface area contributed by atoms with Crippen molar-refractivity contribution >= 4 is 5.82 Å². The van der Waals surface area contributed by atoms with Crippen molar-refractivity contribution in [2.24, 2.45) is 11.1 Å². The van der Waals surface area contributed by atoms with Crippen molar-refractivity contribution < 1.29 is 0 Å². The molecule has 1 heterocycles. The number of pyridine rings is 1. The fourth-order valence-electron chi connectivity index (χ4n) is 2.70. The smallest absolute Gasteiger partial charge is 0.128 e. The first-order valence-electron chi connectivity index (χ1n) is 6.90. The molecule has 0 bridgehead atoms. The first-order chi connectivity index (χ1) is 8.52. The maximum atomic E-state index is 5.60. The zero-order valence-electron chi connectivity index (χ0n) is 11.8. The highest BCUT2D eigenvalue weighted by Crippen LogP contribution is 2.37. The molecule has 1 aromatic heterocycles. The molecule has 0 aromatic carbocycles. The summed E-state index contributed by atoms with van der Waals surface area (Å²) in [5.41, 5.74) is 7.21. The number of nitrogens with zero attached hydrogens (tertiary/aromatic N) is 2. The monoisotopic (exact) mass is 247 g/mol. The van der Waals surface area contributed by atoms with Gasteiger partial charge in [0.25, 0.3) is 0 Å². The lowest BCUT2D eigenvalue weighted by Gasteiger charge is -2.39. The molecular weight excluding hydrogens is 222 g/mol. The Morgan fingerprint density at radius 1 is 1.33 bits per heavy atom. The van der Waals surface area contributed by atoms with E-state index < -0.39 is 0 Å². The van der Waals surface area contributed by atoms with Gasteiger partial charge in [-0.15, -0.1) is 0 Å². The van der Waals surface area contributed by atoms with E-state index >= 15 is 0 Å². The molecule has 0 spiro atoms. The van der Waals surface area contributed by atoms with Gasteiger partial charge in [0, 0.05) is 25.8 Å². The number of nitrogens with two attached hydrogens (primary N) is 1. The lowest BCUT2D eigenvalue weighted by Crippen LogP contribution is -2.37. The predicted octanol–water partition coefficient (Wildman–Crippen LogP) is 2.95. The Balaban J connectivity index is 2.00. The van der Waals surface area contributed by atoms with E-state index in [2.05, 4.69) is 42.9 Å². The van der Waals surface area contributed by atoms with E-state index in [0.29, 0.717) is 18.0 Å². The molecule has 2 rings (SSSR count). The van der Waals surface area contributed by atoms with Crippen LogP contribution in [0.3, 0.4) is 0 Å². The molecule has 18 heavy (non-hydrogen) atoms. The van der Waals surface area contributed by atoms with Crippen LogP contribution in [0.5, 0.6) is 0 Å². The molecule has 0 aliphatic heterocycles. The zero-order chi connectivity index (χ0) is 13.2. The maximum absolute atomic E-state index is 5.60. The van der Waals surface area contributed by atoms with Gasteiger partial charge < -0.3 is 10.6 Å². The highest BCUT2D eigenvalue weighted by atomic mass is 15.2. The minimum atomic E-state index is 0.522. The van der Waals surface area contributed by atoms with Gasteiger partial charge in [0.1, 0.15) is 5.82 Å². The molecule has 3 heteroatoms.